The molecule has 0 atom stereocenters. The lowest BCUT2D eigenvalue weighted by molar-refractivity contribution is -0.116. The first-order chi connectivity index (χ1) is 8.74. The summed E-state index contributed by atoms with van der Waals surface area (Å²) in [6.07, 6.45) is 2.11. The van der Waals surface area contributed by atoms with E-state index in [2.05, 4.69) is 20.9 Å². The molecular formula is C14H12BrNOS. The Bertz CT molecular complexity index is 513. The molecule has 1 heterocycles. The molecule has 0 unspecified atom stereocenters. The molecule has 0 spiro atoms. The fourth-order valence-corrected chi connectivity index (χ4v) is 2.46. The average Bonchev–Trinajstić information content (AvgIpc) is 2.40. The Morgan fingerprint density at radius 1 is 1.17 bits per heavy atom. The summed E-state index contributed by atoms with van der Waals surface area (Å²) in [7, 11) is 0. The smallest absolute Gasteiger partial charge is 0.149 e. The second kappa shape index (κ2) is 6.71. The molecule has 0 saturated carbocycles. The number of halogens is 1. The van der Waals surface area contributed by atoms with E-state index in [9.17, 15) is 4.79 Å². The van der Waals surface area contributed by atoms with Gasteiger partial charge in [-0.05, 0) is 40.2 Å². The largest absolute Gasteiger partial charge is 0.298 e. The number of hydrogen-bond acceptors (Lipinski definition) is 3. The van der Waals surface area contributed by atoms with Crippen LogP contribution >= 0.6 is 27.7 Å². The van der Waals surface area contributed by atoms with Crippen molar-refractivity contribution >= 4 is 33.5 Å². The molecule has 0 fully saturated rings. The quantitative estimate of drug-likeness (QED) is 0.786. The molecule has 0 N–H and O–H groups in total. The van der Waals surface area contributed by atoms with Crippen LogP contribution in [0.5, 0.6) is 0 Å². The highest BCUT2D eigenvalue weighted by molar-refractivity contribution is 9.10. The third-order valence-corrected chi connectivity index (χ3v) is 3.85. The topological polar surface area (TPSA) is 30.0 Å². The van der Waals surface area contributed by atoms with E-state index in [4.69, 9.17) is 0 Å². The zero-order valence-electron chi connectivity index (χ0n) is 9.67. The Morgan fingerprint density at radius 2 is 1.94 bits per heavy atom. The molecule has 92 valence electrons. The maximum Gasteiger partial charge on any atom is 0.149 e. The first-order valence-electron chi connectivity index (χ1n) is 5.54. The second-order valence-corrected chi connectivity index (χ2v) is 5.75. The van der Waals surface area contributed by atoms with Gasteiger partial charge in [0.15, 0.2) is 0 Å². The van der Waals surface area contributed by atoms with Crippen LogP contribution in [0.4, 0.5) is 0 Å². The molecule has 0 aliphatic heterocycles. The van der Waals surface area contributed by atoms with E-state index >= 15 is 0 Å². The van der Waals surface area contributed by atoms with Gasteiger partial charge >= 0.3 is 0 Å². The summed E-state index contributed by atoms with van der Waals surface area (Å²) in [5.74, 6) is 0.681. The molecule has 0 bridgehead atoms. The number of ketones is 1. The molecule has 18 heavy (non-hydrogen) atoms. The number of aromatic nitrogens is 1. The maximum atomic E-state index is 11.8. The van der Waals surface area contributed by atoms with Crippen LogP contribution in [0.25, 0.3) is 0 Å². The first kappa shape index (κ1) is 13.3. The van der Waals surface area contributed by atoms with Gasteiger partial charge in [0.25, 0.3) is 0 Å². The summed E-state index contributed by atoms with van der Waals surface area (Å²) < 4.78 is 0.928. The van der Waals surface area contributed by atoms with Crippen molar-refractivity contribution in [1.82, 2.24) is 4.98 Å². The summed E-state index contributed by atoms with van der Waals surface area (Å²) in [6.45, 7) is 0. The highest BCUT2D eigenvalue weighted by Gasteiger charge is 2.05. The van der Waals surface area contributed by atoms with Crippen LogP contribution in [0, 0.1) is 0 Å². The molecule has 0 saturated heterocycles. The zero-order valence-corrected chi connectivity index (χ0v) is 12.1. The first-order valence-corrected chi connectivity index (χ1v) is 7.32. The Hall–Kier alpha value is -1.13. The van der Waals surface area contributed by atoms with Crippen LogP contribution in [0.2, 0.25) is 0 Å². The van der Waals surface area contributed by atoms with Gasteiger partial charge in [0.05, 0.1) is 5.75 Å². The lowest BCUT2D eigenvalue weighted by Gasteiger charge is -2.01. The van der Waals surface area contributed by atoms with E-state index in [1.54, 1.807) is 18.0 Å². The monoisotopic (exact) mass is 321 g/mol. The maximum absolute atomic E-state index is 11.8. The Balaban J connectivity index is 1.84. The standard InChI is InChI=1S/C14H12BrNOS/c15-11-6-7-12(16-9-11)8-13(17)10-18-14-4-2-1-3-5-14/h1-7,9H,8,10H2. The van der Waals surface area contributed by atoms with E-state index in [1.807, 2.05) is 42.5 Å². The Morgan fingerprint density at radius 3 is 2.61 bits per heavy atom. The molecule has 2 aromatic rings. The molecule has 0 radical (unpaired) electrons. The molecule has 0 aliphatic rings. The third kappa shape index (κ3) is 4.27. The lowest BCUT2D eigenvalue weighted by Crippen LogP contribution is -2.06. The van der Waals surface area contributed by atoms with Gasteiger partial charge in [-0.3, -0.25) is 9.78 Å². The minimum atomic E-state index is 0.193. The van der Waals surface area contributed by atoms with Gasteiger partial charge in [-0.15, -0.1) is 11.8 Å². The predicted molar refractivity (Wildman–Crippen MR) is 77.8 cm³/mol. The molecule has 2 nitrogen and oxygen atoms in total. The number of hydrogen-bond donors (Lipinski definition) is 0. The summed E-state index contributed by atoms with van der Waals surface area (Å²) in [5.41, 5.74) is 0.817. The van der Waals surface area contributed by atoms with Crippen molar-refractivity contribution in [2.75, 3.05) is 5.75 Å². The van der Waals surface area contributed by atoms with E-state index in [-0.39, 0.29) is 5.78 Å². The van der Waals surface area contributed by atoms with E-state index < -0.39 is 0 Å². The summed E-state index contributed by atoms with van der Waals surface area (Å²) in [6, 6.07) is 13.7. The number of carbonyl (C=O) groups is 1. The van der Waals surface area contributed by atoms with Gasteiger partial charge < -0.3 is 0 Å². The van der Waals surface area contributed by atoms with Crippen molar-refractivity contribution in [2.45, 2.75) is 11.3 Å². The fraction of sp³-hybridized carbons (Fsp3) is 0.143. The second-order valence-electron chi connectivity index (χ2n) is 3.78. The van der Waals surface area contributed by atoms with Gasteiger partial charge in [-0.25, -0.2) is 0 Å². The minimum Gasteiger partial charge on any atom is -0.298 e. The van der Waals surface area contributed by atoms with Gasteiger partial charge in [-0.2, -0.15) is 0 Å². The van der Waals surface area contributed by atoms with Crippen LogP contribution in [0.3, 0.4) is 0 Å². The number of pyridine rings is 1. The Labute approximate surface area is 119 Å². The SMILES string of the molecule is O=C(CSc1ccccc1)Cc1ccc(Br)cn1. The number of thioether (sulfide) groups is 1. The lowest BCUT2D eigenvalue weighted by atomic mass is 10.2. The van der Waals surface area contributed by atoms with Crippen LogP contribution in [0.15, 0.2) is 58.0 Å². The highest BCUT2D eigenvalue weighted by Crippen LogP contribution is 2.17. The number of benzene rings is 1. The van der Waals surface area contributed by atoms with E-state index in [0.717, 1.165) is 15.1 Å². The van der Waals surface area contributed by atoms with Crippen molar-refractivity contribution in [1.29, 1.82) is 0 Å². The normalized spacial score (nSPS) is 10.3. The van der Waals surface area contributed by atoms with Crippen LogP contribution in [-0.2, 0) is 11.2 Å². The summed E-state index contributed by atoms with van der Waals surface area (Å²) in [4.78, 5) is 17.1. The zero-order chi connectivity index (χ0) is 12.8. The van der Waals surface area contributed by atoms with Crippen molar-refractivity contribution in [2.24, 2.45) is 0 Å². The number of rotatable bonds is 5. The van der Waals surface area contributed by atoms with Crippen LogP contribution < -0.4 is 0 Å². The van der Waals surface area contributed by atoms with E-state index in [0.29, 0.717) is 12.2 Å². The average molecular weight is 322 g/mol. The van der Waals surface area contributed by atoms with Gasteiger partial charge in [0, 0.05) is 27.7 Å². The molecule has 1 aromatic carbocycles. The molecule has 2 rings (SSSR count). The van der Waals surface area contributed by atoms with Crippen molar-refractivity contribution in [3.8, 4) is 0 Å². The molecular weight excluding hydrogens is 310 g/mol. The summed E-state index contributed by atoms with van der Waals surface area (Å²) >= 11 is 4.89. The molecule has 4 heteroatoms. The Kier molecular flexibility index (Phi) is 4.96. The molecule has 0 aliphatic carbocycles. The molecule has 0 amide bonds. The minimum absolute atomic E-state index is 0.193. The highest BCUT2D eigenvalue weighted by atomic mass is 79.9. The van der Waals surface area contributed by atoms with Crippen molar-refractivity contribution < 1.29 is 4.79 Å². The molecule has 1 aromatic heterocycles. The summed E-state index contributed by atoms with van der Waals surface area (Å²) in [5, 5.41) is 0. The third-order valence-electron chi connectivity index (χ3n) is 2.31. The number of carbonyl (C=O) groups excluding carboxylic acids is 1. The van der Waals surface area contributed by atoms with Crippen LogP contribution in [0.1, 0.15) is 5.69 Å². The fourth-order valence-electron chi connectivity index (χ4n) is 1.44. The van der Waals surface area contributed by atoms with Crippen molar-refractivity contribution in [3.05, 3.63) is 58.8 Å². The van der Waals surface area contributed by atoms with E-state index in [1.165, 1.54) is 0 Å². The number of nitrogens with zero attached hydrogens (tertiary/aromatic N) is 1. The van der Waals surface area contributed by atoms with Gasteiger partial charge in [-0.1, -0.05) is 18.2 Å². The predicted octanol–water partition coefficient (Wildman–Crippen LogP) is 3.75. The van der Waals surface area contributed by atoms with Gasteiger partial charge in [0.1, 0.15) is 5.78 Å². The van der Waals surface area contributed by atoms with Gasteiger partial charge in [0.2, 0.25) is 0 Å². The van der Waals surface area contributed by atoms with Crippen LogP contribution in [-0.4, -0.2) is 16.5 Å². The number of Topliss-reactive ketones (excluding diaryl/α,β-unsaturated/α-hetero) is 1. The van der Waals surface area contributed by atoms with Crippen molar-refractivity contribution in [3.63, 3.8) is 0 Å².